The second-order valence-electron chi connectivity index (χ2n) is 7.61. The van der Waals surface area contributed by atoms with Gasteiger partial charge in [0.15, 0.2) is 0 Å². The number of amides is 1. The number of morpholine rings is 1. The molecule has 1 spiro atoms. The molecule has 3 saturated heterocycles. The van der Waals surface area contributed by atoms with Gasteiger partial charge in [-0.15, -0.1) is 0 Å². The van der Waals surface area contributed by atoms with Crippen LogP contribution in [0.1, 0.15) is 12.8 Å². The Bertz CT molecular complexity index is 867. The molecule has 0 saturated carbocycles. The zero-order valence-corrected chi connectivity index (χ0v) is 16.1. The predicted molar refractivity (Wildman–Crippen MR) is 93.9 cm³/mol. The first-order valence-corrected chi connectivity index (χ1v) is 10.7. The van der Waals surface area contributed by atoms with Gasteiger partial charge in [-0.1, -0.05) is 0 Å². The summed E-state index contributed by atoms with van der Waals surface area (Å²) in [4.78, 5) is 13.6. The first kappa shape index (κ1) is 19.7. The zero-order valence-electron chi connectivity index (χ0n) is 15.3. The second-order valence-corrected chi connectivity index (χ2v) is 9.52. The molecule has 0 unspecified atom stereocenters. The molecular formula is C18H22F2N2O5S. The standard InChI is InChI=1S/C18H22F2N2O5S/c19-14-1-2-16(15(20)8-14)28(24,25)22-11-18(12-22)9-13(10-27-18)7-17(23)21-3-5-26-6-4-21/h1-2,8,13H,3-7,9-12H2/t13-/m0/s1. The normalized spacial score (nSPS) is 25.1. The monoisotopic (exact) mass is 416 g/mol. The van der Waals surface area contributed by atoms with Gasteiger partial charge in [0.25, 0.3) is 0 Å². The van der Waals surface area contributed by atoms with Crippen LogP contribution in [0, 0.1) is 17.6 Å². The molecule has 0 aliphatic carbocycles. The smallest absolute Gasteiger partial charge is 0.246 e. The van der Waals surface area contributed by atoms with Crippen LogP contribution in [0.5, 0.6) is 0 Å². The highest BCUT2D eigenvalue weighted by Gasteiger charge is 2.54. The molecule has 0 radical (unpaired) electrons. The van der Waals surface area contributed by atoms with Crippen molar-refractivity contribution in [1.29, 1.82) is 0 Å². The molecule has 3 heterocycles. The lowest BCUT2D eigenvalue weighted by Gasteiger charge is -2.46. The van der Waals surface area contributed by atoms with Crippen molar-refractivity contribution < 1.29 is 31.5 Å². The van der Waals surface area contributed by atoms with Crippen molar-refractivity contribution in [3.63, 3.8) is 0 Å². The van der Waals surface area contributed by atoms with E-state index in [0.717, 1.165) is 16.4 Å². The van der Waals surface area contributed by atoms with Crippen LogP contribution < -0.4 is 0 Å². The van der Waals surface area contributed by atoms with Gasteiger partial charge >= 0.3 is 0 Å². The quantitative estimate of drug-likeness (QED) is 0.732. The van der Waals surface area contributed by atoms with E-state index in [-0.39, 0.29) is 24.9 Å². The Kier molecular flexibility index (Phi) is 5.15. The molecule has 1 aromatic carbocycles. The van der Waals surface area contributed by atoms with Gasteiger partial charge in [0.05, 0.1) is 25.4 Å². The average molecular weight is 416 g/mol. The number of rotatable bonds is 4. The Balaban J connectivity index is 1.35. The lowest BCUT2D eigenvalue weighted by molar-refractivity contribution is -0.136. The van der Waals surface area contributed by atoms with Gasteiger partial charge in [0.2, 0.25) is 15.9 Å². The third-order valence-corrected chi connectivity index (χ3v) is 7.38. The maximum absolute atomic E-state index is 13.9. The maximum Gasteiger partial charge on any atom is 0.246 e. The van der Waals surface area contributed by atoms with Crippen molar-refractivity contribution in [2.24, 2.45) is 5.92 Å². The molecule has 3 aliphatic rings. The van der Waals surface area contributed by atoms with Gasteiger partial charge < -0.3 is 14.4 Å². The first-order valence-electron chi connectivity index (χ1n) is 9.24. The topological polar surface area (TPSA) is 76.2 Å². The number of ether oxygens (including phenoxy) is 2. The van der Waals surface area contributed by atoms with Crippen LogP contribution in [0.3, 0.4) is 0 Å². The van der Waals surface area contributed by atoms with E-state index >= 15 is 0 Å². The molecule has 3 fully saturated rings. The number of benzene rings is 1. The summed E-state index contributed by atoms with van der Waals surface area (Å²) in [6.07, 6.45) is 0.947. The minimum absolute atomic E-state index is 0.0303. The molecule has 28 heavy (non-hydrogen) atoms. The van der Waals surface area contributed by atoms with E-state index in [9.17, 15) is 22.0 Å². The highest BCUT2D eigenvalue weighted by Crippen LogP contribution is 2.41. The van der Waals surface area contributed by atoms with Gasteiger partial charge in [-0.05, 0) is 24.5 Å². The van der Waals surface area contributed by atoms with E-state index in [2.05, 4.69) is 0 Å². The lowest BCUT2D eigenvalue weighted by Crippen LogP contribution is -2.63. The molecule has 1 amide bonds. The van der Waals surface area contributed by atoms with Crippen LogP contribution in [-0.4, -0.2) is 75.1 Å². The number of carbonyl (C=O) groups is 1. The van der Waals surface area contributed by atoms with Crippen LogP contribution >= 0.6 is 0 Å². The van der Waals surface area contributed by atoms with Crippen molar-refractivity contribution in [1.82, 2.24) is 9.21 Å². The van der Waals surface area contributed by atoms with Crippen LogP contribution in [-0.2, 0) is 24.3 Å². The molecular weight excluding hydrogens is 394 g/mol. The molecule has 154 valence electrons. The van der Waals surface area contributed by atoms with Crippen molar-refractivity contribution >= 4 is 15.9 Å². The number of hydrogen-bond acceptors (Lipinski definition) is 5. The number of halogens is 2. The first-order chi connectivity index (χ1) is 13.3. The Labute approximate surface area is 162 Å². The fourth-order valence-electron chi connectivity index (χ4n) is 4.07. The van der Waals surface area contributed by atoms with E-state index in [4.69, 9.17) is 9.47 Å². The summed E-state index contributed by atoms with van der Waals surface area (Å²) >= 11 is 0. The number of carbonyl (C=O) groups excluding carboxylic acids is 1. The summed E-state index contributed by atoms with van der Waals surface area (Å²) in [5.74, 6) is -1.85. The Morgan fingerprint density at radius 3 is 2.61 bits per heavy atom. The van der Waals surface area contributed by atoms with Crippen LogP contribution in [0.2, 0.25) is 0 Å². The SMILES string of the molecule is O=C(C[C@@H]1COC2(C1)CN(S(=O)(=O)c1ccc(F)cc1F)C2)N1CCOCC1. The van der Waals surface area contributed by atoms with Crippen molar-refractivity contribution in [3.05, 3.63) is 29.8 Å². The molecule has 1 aromatic rings. The third-order valence-electron chi connectivity index (χ3n) is 5.55. The Morgan fingerprint density at radius 2 is 1.93 bits per heavy atom. The maximum atomic E-state index is 13.9. The average Bonchev–Trinajstić information content (AvgIpc) is 3.05. The second kappa shape index (κ2) is 7.33. The fraction of sp³-hybridized carbons (Fsp3) is 0.611. The molecule has 0 N–H and O–H groups in total. The Morgan fingerprint density at radius 1 is 1.21 bits per heavy atom. The Hall–Kier alpha value is -1.62. The summed E-state index contributed by atoms with van der Waals surface area (Å²) in [6, 6.07) is 2.41. The van der Waals surface area contributed by atoms with Crippen LogP contribution in [0.25, 0.3) is 0 Å². The van der Waals surface area contributed by atoms with E-state index in [1.165, 1.54) is 0 Å². The van der Waals surface area contributed by atoms with E-state index in [1.54, 1.807) is 4.90 Å². The molecule has 10 heteroatoms. The van der Waals surface area contributed by atoms with Gasteiger partial charge in [-0.3, -0.25) is 4.79 Å². The van der Waals surface area contributed by atoms with Gasteiger partial charge in [-0.25, -0.2) is 17.2 Å². The van der Waals surface area contributed by atoms with Crippen molar-refractivity contribution in [3.8, 4) is 0 Å². The summed E-state index contributed by atoms with van der Waals surface area (Å²) < 4.78 is 64.3. The highest BCUT2D eigenvalue weighted by molar-refractivity contribution is 7.89. The van der Waals surface area contributed by atoms with E-state index in [1.807, 2.05) is 0 Å². The molecule has 3 aliphatic heterocycles. The zero-order chi connectivity index (χ0) is 19.9. The summed E-state index contributed by atoms with van der Waals surface area (Å²) in [7, 11) is -4.05. The van der Waals surface area contributed by atoms with Crippen LogP contribution in [0.15, 0.2) is 23.1 Å². The van der Waals surface area contributed by atoms with Crippen molar-refractivity contribution in [2.45, 2.75) is 23.3 Å². The number of hydrogen-bond donors (Lipinski definition) is 0. The highest BCUT2D eigenvalue weighted by atomic mass is 32.2. The molecule has 4 rings (SSSR count). The minimum Gasteiger partial charge on any atom is -0.378 e. The van der Waals surface area contributed by atoms with Gasteiger partial charge in [-0.2, -0.15) is 4.31 Å². The van der Waals surface area contributed by atoms with Crippen LogP contribution in [0.4, 0.5) is 8.78 Å². The number of sulfonamides is 1. The van der Waals surface area contributed by atoms with Gasteiger partial charge in [0.1, 0.15) is 16.5 Å². The van der Waals surface area contributed by atoms with E-state index < -0.39 is 32.2 Å². The summed E-state index contributed by atoms with van der Waals surface area (Å²) in [6.45, 7) is 2.88. The molecule has 0 bridgehead atoms. The predicted octanol–water partition coefficient (Wildman–Crippen LogP) is 0.993. The number of nitrogens with zero attached hydrogens (tertiary/aromatic N) is 2. The third kappa shape index (κ3) is 3.66. The summed E-state index contributed by atoms with van der Waals surface area (Å²) in [5, 5.41) is 0. The van der Waals surface area contributed by atoms with E-state index in [0.29, 0.717) is 51.8 Å². The molecule has 1 atom stereocenters. The summed E-state index contributed by atoms with van der Waals surface area (Å²) in [5.41, 5.74) is -0.625. The molecule has 7 nitrogen and oxygen atoms in total. The molecule has 0 aromatic heterocycles. The lowest BCUT2D eigenvalue weighted by atomic mass is 9.87. The largest absolute Gasteiger partial charge is 0.378 e. The van der Waals surface area contributed by atoms with Gasteiger partial charge in [0, 0.05) is 38.7 Å². The minimum atomic E-state index is -4.05. The van der Waals surface area contributed by atoms with Crippen molar-refractivity contribution in [2.75, 3.05) is 46.0 Å². The fourth-order valence-corrected chi connectivity index (χ4v) is 5.70.